The smallest absolute Gasteiger partial charge is 0.0462 e. The molecule has 0 radical (unpaired) electrons. The molecule has 0 saturated heterocycles. The van der Waals surface area contributed by atoms with Gasteiger partial charge in [-0.15, -0.1) is 0 Å². The fourth-order valence-corrected chi connectivity index (χ4v) is 11.8. The first kappa shape index (κ1) is 54.2. The fourth-order valence-electron chi connectivity index (χ4n) is 11.8. The van der Waals surface area contributed by atoms with Crippen LogP contribution in [0, 0.1) is 0 Å². The van der Waals surface area contributed by atoms with Crippen molar-refractivity contribution < 1.29 is 0 Å². The fraction of sp³-hybridized carbons (Fsp3) is 0. The summed E-state index contributed by atoms with van der Waals surface area (Å²) in [5.41, 5.74) is 24.7. The average molecular weight is 1130 g/mol. The second kappa shape index (κ2) is 25.2. The van der Waals surface area contributed by atoms with Crippen LogP contribution in [0.25, 0.3) is 55.6 Å². The van der Waals surface area contributed by atoms with Gasteiger partial charge in [-0.05, 0) is 201 Å². The molecule has 0 saturated carbocycles. The molecular formula is C84H62N4. The minimum absolute atomic E-state index is 1.07. The predicted molar refractivity (Wildman–Crippen MR) is 372 cm³/mol. The summed E-state index contributed by atoms with van der Waals surface area (Å²) in [4.78, 5) is 9.28. The molecule has 4 nitrogen and oxygen atoms in total. The summed E-state index contributed by atoms with van der Waals surface area (Å²) in [7, 11) is 0. The van der Waals surface area contributed by atoms with Gasteiger partial charge in [0, 0.05) is 68.2 Å². The molecule has 4 heteroatoms. The molecule has 0 fully saturated rings. The number of para-hydroxylation sites is 4. The van der Waals surface area contributed by atoms with Gasteiger partial charge in [0.05, 0.1) is 0 Å². The Labute approximate surface area is 516 Å². The van der Waals surface area contributed by atoms with Crippen LogP contribution < -0.4 is 19.6 Å². The molecular weight excluding hydrogens is 1060 g/mol. The molecule has 0 aliphatic rings. The molecule has 0 aliphatic carbocycles. The van der Waals surface area contributed by atoms with Crippen LogP contribution in [0.2, 0.25) is 0 Å². The van der Waals surface area contributed by atoms with E-state index in [1.54, 1.807) is 0 Å². The zero-order chi connectivity index (χ0) is 58.9. The van der Waals surface area contributed by atoms with Gasteiger partial charge < -0.3 is 19.6 Å². The molecule has 14 aromatic rings. The highest BCUT2D eigenvalue weighted by molar-refractivity contribution is 5.86. The second-order valence-corrected chi connectivity index (χ2v) is 21.8. The second-order valence-electron chi connectivity index (χ2n) is 21.8. The normalized spacial score (nSPS) is 11.0. The van der Waals surface area contributed by atoms with Crippen LogP contribution in [0.5, 0.6) is 0 Å². The van der Waals surface area contributed by atoms with Gasteiger partial charge in [0.15, 0.2) is 0 Å². The van der Waals surface area contributed by atoms with Crippen molar-refractivity contribution in [1.29, 1.82) is 0 Å². The lowest BCUT2D eigenvalue weighted by Gasteiger charge is -2.27. The Morgan fingerprint density at radius 3 is 0.330 bits per heavy atom. The van der Waals surface area contributed by atoms with Gasteiger partial charge in [-0.1, -0.05) is 231 Å². The van der Waals surface area contributed by atoms with Crippen molar-refractivity contribution in [2.75, 3.05) is 19.6 Å². The summed E-state index contributed by atoms with van der Waals surface area (Å²) in [5, 5.41) is 0. The van der Waals surface area contributed by atoms with E-state index < -0.39 is 0 Å². The Hall–Kier alpha value is -11.7. The van der Waals surface area contributed by atoms with Gasteiger partial charge in [0.25, 0.3) is 0 Å². The molecule has 0 unspecified atom stereocenters. The maximum atomic E-state index is 2.35. The summed E-state index contributed by atoms with van der Waals surface area (Å²) in [6.45, 7) is 0. The molecule has 0 N–H and O–H groups in total. The molecule has 0 amide bonds. The lowest BCUT2D eigenvalue weighted by Crippen LogP contribution is -2.10. The molecule has 88 heavy (non-hydrogen) atoms. The third kappa shape index (κ3) is 11.7. The van der Waals surface area contributed by atoms with E-state index in [0.29, 0.717) is 0 Å². The predicted octanol–water partition coefficient (Wildman–Crippen LogP) is 23.9. The number of anilines is 12. The number of rotatable bonds is 17. The monoisotopic (exact) mass is 1130 g/mol. The maximum absolute atomic E-state index is 2.35. The Bertz CT molecular complexity index is 4120. The van der Waals surface area contributed by atoms with Gasteiger partial charge >= 0.3 is 0 Å². The van der Waals surface area contributed by atoms with E-state index in [2.05, 4.69) is 396 Å². The number of nitrogens with zero attached hydrogens (tertiary/aromatic N) is 4. The van der Waals surface area contributed by atoms with E-state index in [1.165, 1.54) is 22.3 Å². The Morgan fingerprint density at radius 2 is 0.193 bits per heavy atom. The quantitative estimate of drug-likeness (QED) is 0.0901. The number of hydrogen-bond donors (Lipinski definition) is 0. The first-order valence-corrected chi connectivity index (χ1v) is 30.0. The summed E-state index contributed by atoms with van der Waals surface area (Å²) >= 11 is 0. The Balaban J connectivity index is 0.746. The van der Waals surface area contributed by atoms with Crippen molar-refractivity contribution >= 4 is 68.2 Å². The van der Waals surface area contributed by atoms with Crippen molar-refractivity contribution in [3.8, 4) is 55.6 Å². The third-order valence-electron chi connectivity index (χ3n) is 16.3. The highest BCUT2D eigenvalue weighted by atomic mass is 15.2. The van der Waals surface area contributed by atoms with Crippen LogP contribution in [-0.2, 0) is 0 Å². The van der Waals surface area contributed by atoms with Crippen molar-refractivity contribution in [3.05, 3.63) is 376 Å². The minimum Gasteiger partial charge on any atom is -0.311 e. The molecule has 14 aromatic carbocycles. The molecule has 0 bridgehead atoms. The summed E-state index contributed by atoms with van der Waals surface area (Å²) < 4.78 is 0. The Morgan fingerprint density at radius 1 is 0.0909 bits per heavy atom. The van der Waals surface area contributed by atoms with E-state index in [4.69, 9.17) is 0 Å². The highest BCUT2D eigenvalue weighted by Gasteiger charge is 2.19. The van der Waals surface area contributed by atoms with E-state index in [9.17, 15) is 0 Å². The van der Waals surface area contributed by atoms with Crippen LogP contribution in [0.4, 0.5) is 68.2 Å². The average Bonchev–Trinajstić information content (AvgIpc) is 3.74. The molecule has 0 heterocycles. The van der Waals surface area contributed by atoms with Crippen LogP contribution in [0.3, 0.4) is 0 Å². The van der Waals surface area contributed by atoms with Crippen molar-refractivity contribution in [2.24, 2.45) is 0 Å². The summed E-state index contributed by atoms with van der Waals surface area (Å²) in [6.07, 6.45) is 0. The van der Waals surface area contributed by atoms with E-state index >= 15 is 0 Å². The molecule has 0 atom stereocenters. The van der Waals surface area contributed by atoms with Crippen LogP contribution in [-0.4, -0.2) is 0 Å². The van der Waals surface area contributed by atoms with E-state index in [0.717, 1.165) is 102 Å². The van der Waals surface area contributed by atoms with Gasteiger partial charge in [-0.25, -0.2) is 0 Å². The Kier molecular flexibility index (Phi) is 15.6. The molecule has 0 aromatic heterocycles. The van der Waals surface area contributed by atoms with Gasteiger partial charge in [0.1, 0.15) is 0 Å². The van der Waals surface area contributed by atoms with Gasteiger partial charge in [-0.3, -0.25) is 0 Å². The number of hydrogen-bond acceptors (Lipinski definition) is 4. The molecule has 0 aliphatic heterocycles. The largest absolute Gasteiger partial charge is 0.311 e. The zero-order valence-corrected chi connectivity index (χ0v) is 48.6. The first-order chi connectivity index (χ1) is 43.6. The first-order valence-electron chi connectivity index (χ1n) is 30.0. The van der Waals surface area contributed by atoms with Crippen molar-refractivity contribution in [2.45, 2.75) is 0 Å². The summed E-state index contributed by atoms with van der Waals surface area (Å²) in [5.74, 6) is 0. The van der Waals surface area contributed by atoms with Crippen molar-refractivity contribution in [3.63, 3.8) is 0 Å². The van der Waals surface area contributed by atoms with Gasteiger partial charge in [-0.2, -0.15) is 0 Å². The van der Waals surface area contributed by atoms with Crippen LogP contribution >= 0.6 is 0 Å². The minimum atomic E-state index is 1.07. The zero-order valence-electron chi connectivity index (χ0n) is 48.6. The van der Waals surface area contributed by atoms with E-state index in [-0.39, 0.29) is 0 Å². The lowest BCUT2D eigenvalue weighted by atomic mass is 10.0. The third-order valence-corrected chi connectivity index (χ3v) is 16.3. The van der Waals surface area contributed by atoms with Crippen LogP contribution in [0.1, 0.15) is 0 Å². The van der Waals surface area contributed by atoms with Gasteiger partial charge in [0.2, 0.25) is 0 Å². The molecule has 14 rings (SSSR count). The van der Waals surface area contributed by atoms with Crippen LogP contribution in [0.15, 0.2) is 376 Å². The topological polar surface area (TPSA) is 13.0 Å². The lowest BCUT2D eigenvalue weighted by molar-refractivity contribution is 1.28. The van der Waals surface area contributed by atoms with Crippen molar-refractivity contribution in [1.82, 2.24) is 0 Å². The SMILES string of the molecule is c1ccc(-c2ccc(N(c3ccc(-c4ccc(N(c5ccccc5)c5ccccc5)cc4)cc3)c3ccc(-c4ccc(N(c5ccc(-c6ccccc6)cc5)c5ccc(-c6ccc(N(c7ccccc7)c7ccccc7)cc6)cc5)cc4)cc3)cc2)cc1. The highest BCUT2D eigenvalue weighted by Crippen LogP contribution is 2.43. The molecule has 418 valence electrons. The standard InChI is InChI=1S/C84H62N4/c1-7-19-63(20-8-1)65-31-47-79(48-32-65)87(81-55-39-69(40-56-81)67-35-51-77(52-36-67)85(73-23-11-3-12-24-73)74-25-13-4-14-26-74)83-59-43-71(44-60-83)72-45-61-84(62-46-72)88(80-49-33-66(34-50-80)64-21-9-2-10-22-64)82-57-41-70(42-58-82)68-37-53-78(54-38-68)86(75-27-15-5-16-28-75)76-29-17-6-18-30-76/h1-62H. The van der Waals surface area contributed by atoms with E-state index in [1.807, 2.05) is 0 Å². The number of benzene rings is 14. The maximum Gasteiger partial charge on any atom is 0.0462 e. The summed E-state index contributed by atoms with van der Waals surface area (Å²) in [6, 6.07) is 135. The molecule has 0 spiro atoms.